The van der Waals surface area contributed by atoms with Crippen molar-refractivity contribution in [1.82, 2.24) is 25.1 Å². The lowest BCUT2D eigenvalue weighted by Gasteiger charge is -2.33. The van der Waals surface area contributed by atoms with E-state index in [1.807, 2.05) is 31.7 Å². The van der Waals surface area contributed by atoms with Gasteiger partial charge in [0.05, 0.1) is 18.8 Å². The molecule has 2 aromatic heterocycles. The molecule has 0 aliphatic carbocycles. The molecule has 2 aliphatic rings. The second kappa shape index (κ2) is 8.63. The number of pyridine rings is 1. The van der Waals surface area contributed by atoms with Crippen molar-refractivity contribution in [2.45, 2.75) is 58.4 Å². The van der Waals surface area contributed by atoms with Crippen LogP contribution < -0.4 is 9.64 Å². The Morgan fingerprint density at radius 3 is 2.61 bits per heavy atom. The van der Waals surface area contributed by atoms with E-state index < -0.39 is 5.60 Å². The zero-order valence-corrected chi connectivity index (χ0v) is 19.2. The van der Waals surface area contributed by atoms with E-state index in [4.69, 9.17) is 32.7 Å². The fourth-order valence-corrected chi connectivity index (χ4v) is 3.98. The first-order valence-electron chi connectivity index (χ1n) is 10.1. The van der Waals surface area contributed by atoms with Crippen LogP contribution in [-0.4, -0.2) is 56.0 Å². The third-order valence-electron chi connectivity index (χ3n) is 5.08. The molecule has 4 heterocycles. The molecule has 9 nitrogen and oxygen atoms in total. The first kappa shape index (κ1) is 21.8. The Morgan fingerprint density at radius 1 is 1.16 bits per heavy atom. The quantitative estimate of drug-likeness (QED) is 0.672. The van der Waals surface area contributed by atoms with E-state index in [0.717, 1.165) is 29.8 Å². The van der Waals surface area contributed by atoms with Crippen molar-refractivity contribution in [1.29, 1.82) is 0 Å². The number of aromatic nitrogens is 4. The van der Waals surface area contributed by atoms with Crippen LogP contribution in [0.3, 0.4) is 0 Å². The van der Waals surface area contributed by atoms with Crippen LogP contribution in [0.1, 0.15) is 44.9 Å². The summed E-state index contributed by atoms with van der Waals surface area (Å²) in [6.45, 7) is 7.81. The van der Waals surface area contributed by atoms with Crippen molar-refractivity contribution in [3.63, 3.8) is 0 Å². The maximum Gasteiger partial charge on any atom is 0.410 e. The molecule has 166 valence electrons. The lowest BCUT2D eigenvalue weighted by molar-refractivity contribution is 0.0240. The largest absolute Gasteiger partial charge is 0.490 e. The van der Waals surface area contributed by atoms with Gasteiger partial charge in [0.2, 0.25) is 5.28 Å². The van der Waals surface area contributed by atoms with E-state index in [1.165, 1.54) is 0 Å². The average Bonchev–Trinajstić information content (AvgIpc) is 3.15. The summed E-state index contributed by atoms with van der Waals surface area (Å²) in [7, 11) is 0. The molecule has 2 aromatic rings. The smallest absolute Gasteiger partial charge is 0.410 e. The molecule has 0 aromatic carbocycles. The van der Waals surface area contributed by atoms with E-state index in [-0.39, 0.29) is 22.6 Å². The molecule has 0 unspecified atom stereocenters. The van der Waals surface area contributed by atoms with E-state index >= 15 is 0 Å². The Bertz CT molecular complexity index is 976. The molecule has 1 amide bonds. The highest BCUT2D eigenvalue weighted by atomic mass is 35.5. The summed E-state index contributed by atoms with van der Waals surface area (Å²) in [5.41, 5.74) is 1.23. The Kier molecular flexibility index (Phi) is 6.07. The normalized spacial score (nSPS) is 16.9. The van der Waals surface area contributed by atoms with Gasteiger partial charge in [0, 0.05) is 37.7 Å². The second-order valence-corrected chi connectivity index (χ2v) is 9.27. The van der Waals surface area contributed by atoms with E-state index in [2.05, 4.69) is 20.2 Å². The van der Waals surface area contributed by atoms with Gasteiger partial charge in [-0.05, 0) is 38.4 Å². The number of halogens is 2. The molecule has 2 aliphatic heterocycles. The number of hydrogen-bond acceptors (Lipinski definition) is 8. The Balaban J connectivity index is 1.39. The first-order chi connectivity index (χ1) is 14.7. The highest BCUT2D eigenvalue weighted by Crippen LogP contribution is 2.33. The zero-order chi connectivity index (χ0) is 22.2. The third kappa shape index (κ3) is 5.10. The fourth-order valence-electron chi connectivity index (χ4n) is 3.67. The highest BCUT2D eigenvalue weighted by Gasteiger charge is 2.32. The summed E-state index contributed by atoms with van der Waals surface area (Å²) < 4.78 is 11.8. The van der Waals surface area contributed by atoms with Gasteiger partial charge in [-0.2, -0.15) is 4.98 Å². The minimum absolute atomic E-state index is 0.0300. The van der Waals surface area contributed by atoms with Crippen molar-refractivity contribution < 1.29 is 14.3 Å². The molecule has 11 heteroatoms. The van der Waals surface area contributed by atoms with Crippen molar-refractivity contribution >= 4 is 35.1 Å². The topological polar surface area (TPSA) is 93.6 Å². The number of hydrogen-bond donors (Lipinski definition) is 0. The van der Waals surface area contributed by atoms with Gasteiger partial charge >= 0.3 is 6.09 Å². The molecule has 0 N–H and O–H groups in total. The molecule has 1 saturated heterocycles. The van der Waals surface area contributed by atoms with Gasteiger partial charge in [-0.3, -0.25) is 9.88 Å². The number of amides is 1. The molecule has 0 atom stereocenters. The summed E-state index contributed by atoms with van der Waals surface area (Å²) >= 11 is 12.0. The van der Waals surface area contributed by atoms with Gasteiger partial charge in [0.1, 0.15) is 17.5 Å². The Morgan fingerprint density at radius 2 is 1.90 bits per heavy atom. The van der Waals surface area contributed by atoms with Crippen molar-refractivity contribution in [3.05, 3.63) is 34.0 Å². The molecule has 4 rings (SSSR count). The lowest BCUT2D eigenvalue weighted by Crippen LogP contribution is -2.39. The average molecular weight is 467 g/mol. The minimum atomic E-state index is -0.543. The van der Waals surface area contributed by atoms with E-state index in [0.29, 0.717) is 32.0 Å². The number of ether oxygens (including phenoxy) is 2. The predicted molar refractivity (Wildman–Crippen MR) is 115 cm³/mol. The van der Waals surface area contributed by atoms with Crippen LogP contribution in [0, 0.1) is 0 Å². The number of nitrogens with zero attached hydrogens (tertiary/aromatic N) is 6. The SMILES string of the molecule is CC(C)(C)OC(=O)N1Cc2nccc(OC3CCN(c4nc(Cl)nnc4Cl)CC3)c2C1. The molecule has 0 spiro atoms. The van der Waals surface area contributed by atoms with Gasteiger partial charge < -0.3 is 14.4 Å². The van der Waals surface area contributed by atoms with Crippen LogP contribution >= 0.6 is 23.2 Å². The zero-order valence-electron chi connectivity index (χ0n) is 17.6. The van der Waals surface area contributed by atoms with Crippen LogP contribution in [0.25, 0.3) is 0 Å². The molecular weight excluding hydrogens is 443 g/mol. The Hall–Kier alpha value is -2.39. The summed E-state index contributed by atoms with van der Waals surface area (Å²) in [6.07, 6.45) is 2.97. The lowest BCUT2D eigenvalue weighted by atomic mass is 10.1. The van der Waals surface area contributed by atoms with Crippen molar-refractivity contribution in [2.75, 3.05) is 18.0 Å². The second-order valence-electron chi connectivity index (χ2n) is 8.57. The monoisotopic (exact) mass is 466 g/mol. The van der Waals surface area contributed by atoms with E-state index in [9.17, 15) is 4.79 Å². The maximum absolute atomic E-state index is 12.4. The summed E-state index contributed by atoms with van der Waals surface area (Å²) in [5.74, 6) is 1.30. The van der Waals surface area contributed by atoms with Crippen LogP contribution in [-0.2, 0) is 17.8 Å². The third-order valence-corrected chi connectivity index (χ3v) is 5.49. The standard InChI is InChI=1S/C20H24Cl2N6O3/c1-20(2,3)31-19(29)28-10-13-14(11-28)23-7-4-15(13)30-12-5-8-27(9-6-12)17-16(21)25-26-18(22)24-17/h4,7,12H,5-6,8-11H2,1-3H3. The van der Waals surface area contributed by atoms with Crippen molar-refractivity contribution in [2.24, 2.45) is 0 Å². The van der Waals surface area contributed by atoms with Crippen LogP contribution in [0.2, 0.25) is 10.4 Å². The van der Waals surface area contributed by atoms with Gasteiger partial charge in [0.15, 0.2) is 11.0 Å². The number of carbonyl (C=O) groups is 1. The number of piperidine rings is 1. The van der Waals surface area contributed by atoms with Crippen LogP contribution in [0.15, 0.2) is 12.3 Å². The van der Waals surface area contributed by atoms with Crippen LogP contribution in [0.5, 0.6) is 5.75 Å². The maximum atomic E-state index is 12.4. The fraction of sp³-hybridized carbons (Fsp3) is 0.550. The number of rotatable bonds is 3. The van der Waals surface area contributed by atoms with Gasteiger partial charge in [-0.15, -0.1) is 10.2 Å². The van der Waals surface area contributed by atoms with Gasteiger partial charge in [0.25, 0.3) is 0 Å². The van der Waals surface area contributed by atoms with E-state index in [1.54, 1.807) is 11.1 Å². The van der Waals surface area contributed by atoms with Crippen LogP contribution in [0.4, 0.5) is 10.6 Å². The molecule has 0 bridgehead atoms. The minimum Gasteiger partial charge on any atom is -0.490 e. The van der Waals surface area contributed by atoms with Gasteiger partial charge in [-0.1, -0.05) is 11.6 Å². The summed E-state index contributed by atoms with van der Waals surface area (Å²) in [5, 5.41) is 7.78. The predicted octanol–water partition coefficient (Wildman–Crippen LogP) is 3.87. The Labute approximate surface area is 190 Å². The number of carbonyl (C=O) groups excluding carboxylic acids is 1. The molecule has 31 heavy (non-hydrogen) atoms. The first-order valence-corrected chi connectivity index (χ1v) is 10.9. The van der Waals surface area contributed by atoms with Gasteiger partial charge in [-0.25, -0.2) is 4.79 Å². The number of fused-ring (bicyclic) bond motifs is 1. The molecular formula is C20H24Cl2N6O3. The molecule has 0 radical (unpaired) electrons. The van der Waals surface area contributed by atoms with Crippen molar-refractivity contribution in [3.8, 4) is 5.75 Å². The number of anilines is 1. The summed E-state index contributed by atoms with van der Waals surface area (Å²) in [6, 6.07) is 1.86. The highest BCUT2D eigenvalue weighted by molar-refractivity contribution is 6.32. The molecule has 1 fully saturated rings. The summed E-state index contributed by atoms with van der Waals surface area (Å²) in [4.78, 5) is 24.7. The molecule has 0 saturated carbocycles.